The van der Waals surface area contributed by atoms with Gasteiger partial charge in [-0.2, -0.15) is 4.99 Å². The third-order valence-electron chi connectivity index (χ3n) is 0.974. The van der Waals surface area contributed by atoms with Crippen LogP contribution in [0.15, 0.2) is 10.4 Å². The number of rotatable bonds is 2. The maximum Gasteiger partial charge on any atom is 0.212 e. The van der Waals surface area contributed by atoms with Gasteiger partial charge in [-0.25, -0.2) is 4.98 Å². The summed E-state index contributed by atoms with van der Waals surface area (Å²) in [7, 11) is 0. The Bertz CT molecular complexity index is 262. The molecular formula is C5H9N5S. The zero-order valence-corrected chi connectivity index (χ0v) is 6.64. The van der Waals surface area contributed by atoms with Gasteiger partial charge < -0.3 is 17.2 Å². The van der Waals surface area contributed by atoms with E-state index in [2.05, 4.69) is 9.98 Å². The van der Waals surface area contributed by atoms with Gasteiger partial charge in [0.2, 0.25) is 5.13 Å². The molecule has 1 aromatic rings. The van der Waals surface area contributed by atoms with Crippen molar-refractivity contribution in [3.63, 3.8) is 0 Å². The molecule has 0 amide bonds. The monoisotopic (exact) mass is 171 g/mol. The Labute approximate surface area is 67.9 Å². The van der Waals surface area contributed by atoms with E-state index in [1.807, 2.05) is 5.38 Å². The van der Waals surface area contributed by atoms with Crippen LogP contribution in [0.3, 0.4) is 0 Å². The van der Waals surface area contributed by atoms with Gasteiger partial charge in [0.15, 0.2) is 5.96 Å². The molecular weight excluding hydrogens is 162 g/mol. The molecule has 0 aliphatic heterocycles. The van der Waals surface area contributed by atoms with Gasteiger partial charge in [-0.05, 0) is 0 Å². The fourth-order valence-corrected chi connectivity index (χ4v) is 1.27. The Morgan fingerprint density at radius 3 is 2.82 bits per heavy atom. The third-order valence-corrected chi connectivity index (χ3v) is 1.76. The number of aliphatic imine (C=N–C) groups is 1. The highest BCUT2D eigenvalue weighted by Gasteiger charge is 1.97. The van der Waals surface area contributed by atoms with Crippen molar-refractivity contribution >= 4 is 22.4 Å². The quantitative estimate of drug-likeness (QED) is 0.412. The zero-order chi connectivity index (χ0) is 8.27. The summed E-state index contributed by atoms with van der Waals surface area (Å²) in [5, 5.41) is 2.37. The summed E-state index contributed by atoms with van der Waals surface area (Å²) >= 11 is 1.36. The SMILES string of the molecule is NCc1csc(N=C(N)N)n1. The molecule has 0 aliphatic carbocycles. The largest absolute Gasteiger partial charge is 0.370 e. The van der Waals surface area contributed by atoms with Crippen LogP contribution in [0, 0.1) is 0 Å². The molecule has 0 bridgehead atoms. The summed E-state index contributed by atoms with van der Waals surface area (Å²) in [6.07, 6.45) is 0. The summed E-state index contributed by atoms with van der Waals surface area (Å²) in [6.45, 7) is 0.413. The second-order valence-corrected chi connectivity index (χ2v) is 2.70. The number of hydrogen-bond donors (Lipinski definition) is 3. The molecule has 6 heteroatoms. The van der Waals surface area contributed by atoms with Gasteiger partial charge in [0.25, 0.3) is 0 Å². The Hall–Kier alpha value is -1.14. The fraction of sp³-hybridized carbons (Fsp3) is 0.200. The van der Waals surface area contributed by atoms with Crippen LogP contribution < -0.4 is 17.2 Å². The summed E-state index contributed by atoms with van der Waals surface area (Å²) in [4.78, 5) is 7.77. The molecule has 1 aromatic heterocycles. The molecule has 0 radical (unpaired) electrons. The molecule has 1 heterocycles. The average Bonchev–Trinajstić information content (AvgIpc) is 2.34. The van der Waals surface area contributed by atoms with Crippen LogP contribution in [0.5, 0.6) is 0 Å². The lowest BCUT2D eigenvalue weighted by Gasteiger charge is -1.86. The first-order valence-electron chi connectivity index (χ1n) is 2.96. The Morgan fingerprint density at radius 1 is 1.64 bits per heavy atom. The average molecular weight is 171 g/mol. The van der Waals surface area contributed by atoms with Crippen LogP contribution in [-0.4, -0.2) is 10.9 Å². The maximum absolute atomic E-state index is 5.33. The van der Waals surface area contributed by atoms with Gasteiger partial charge in [0.05, 0.1) is 5.69 Å². The second kappa shape index (κ2) is 3.31. The van der Waals surface area contributed by atoms with Crippen LogP contribution >= 0.6 is 11.3 Å². The van der Waals surface area contributed by atoms with Crippen molar-refractivity contribution in [1.82, 2.24) is 4.98 Å². The van der Waals surface area contributed by atoms with Crippen molar-refractivity contribution in [3.8, 4) is 0 Å². The number of aromatic nitrogens is 1. The van der Waals surface area contributed by atoms with Crippen LogP contribution in [-0.2, 0) is 6.54 Å². The van der Waals surface area contributed by atoms with Crippen molar-refractivity contribution < 1.29 is 0 Å². The molecule has 0 fully saturated rings. The summed E-state index contributed by atoms with van der Waals surface area (Å²) < 4.78 is 0. The molecule has 0 aromatic carbocycles. The molecule has 11 heavy (non-hydrogen) atoms. The number of nitrogens with two attached hydrogens (primary N) is 3. The highest BCUT2D eigenvalue weighted by molar-refractivity contribution is 7.13. The number of nitrogens with zero attached hydrogens (tertiary/aromatic N) is 2. The summed E-state index contributed by atoms with van der Waals surface area (Å²) in [6, 6.07) is 0. The molecule has 0 aliphatic rings. The number of thiazole rings is 1. The lowest BCUT2D eigenvalue weighted by Crippen LogP contribution is -2.21. The smallest absolute Gasteiger partial charge is 0.212 e. The first-order valence-corrected chi connectivity index (χ1v) is 3.84. The van der Waals surface area contributed by atoms with Crippen LogP contribution in [0.2, 0.25) is 0 Å². The molecule has 6 N–H and O–H groups in total. The predicted octanol–water partition coefficient (Wildman–Crippen LogP) is -0.493. The molecule has 5 nitrogen and oxygen atoms in total. The number of guanidine groups is 1. The van der Waals surface area contributed by atoms with Crippen molar-refractivity contribution in [2.45, 2.75) is 6.54 Å². The van der Waals surface area contributed by atoms with Crippen LogP contribution in [0.1, 0.15) is 5.69 Å². The van der Waals surface area contributed by atoms with E-state index in [0.717, 1.165) is 5.69 Å². The molecule has 0 atom stereocenters. The van der Waals surface area contributed by atoms with E-state index in [4.69, 9.17) is 17.2 Å². The van der Waals surface area contributed by atoms with Crippen molar-refractivity contribution in [1.29, 1.82) is 0 Å². The van der Waals surface area contributed by atoms with Crippen LogP contribution in [0.25, 0.3) is 0 Å². The zero-order valence-electron chi connectivity index (χ0n) is 5.82. The fourth-order valence-electron chi connectivity index (χ4n) is 0.552. The van der Waals surface area contributed by atoms with Crippen LogP contribution in [0.4, 0.5) is 5.13 Å². The molecule has 0 saturated heterocycles. The van der Waals surface area contributed by atoms with Gasteiger partial charge in [-0.3, -0.25) is 0 Å². The van der Waals surface area contributed by atoms with E-state index in [1.165, 1.54) is 11.3 Å². The Kier molecular flexibility index (Phi) is 2.40. The predicted molar refractivity (Wildman–Crippen MR) is 45.5 cm³/mol. The van der Waals surface area contributed by atoms with Gasteiger partial charge >= 0.3 is 0 Å². The van der Waals surface area contributed by atoms with Gasteiger partial charge in [0, 0.05) is 11.9 Å². The van der Waals surface area contributed by atoms with E-state index < -0.39 is 0 Å². The van der Waals surface area contributed by atoms with Gasteiger partial charge in [0.1, 0.15) is 0 Å². The minimum absolute atomic E-state index is 0.0166. The topological polar surface area (TPSA) is 103 Å². The van der Waals surface area contributed by atoms with Gasteiger partial charge in [-0.1, -0.05) is 0 Å². The summed E-state index contributed by atoms with van der Waals surface area (Å²) in [5.74, 6) is 0.0166. The first kappa shape index (κ1) is 7.96. The van der Waals surface area contributed by atoms with E-state index in [0.29, 0.717) is 11.7 Å². The highest BCUT2D eigenvalue weighted by Crippen LogP contribution is 2.17. The standard InChI is InChI=1S/C5H9N5S/c6-1-3-2-11-5(9-3)10-4(7)8/h2H,1,6H2,(H4,7,8,9,10). The molecule has 0 unspecified atom stereocenters. The van der Waals surface area contributed by atoms with Gasteiger partial charge in [-0.15, -0.1) is 11.3 Å². The highest BCUT2D eigenvalue weighted by atomic mass is 32.1. The molecule has 0 saturated carbocycles. The number of hydrogen-bond acceptors (Lipinski definition) is 4. The Balaban J connectivity index is 2.81. The van der Waals surface area contributed by atoms with E-state index in [9.17, 15) is 0 Å². The first-order chi connectivity index (χ1) is 5.22. The lowest BCUT2D eigenvalue weighted by atomic mass is 10.5. The summed E-state index contributed by atoms with van der Waals surface area (Å²) in [5.41, 5.74) is 16.4. The third kappa shape index (κ3) is 2.17. The second-order valence-electron chi connectivity index (χ2n) is 1.86. The van der Waals surface area contributed by atoms with E-state index in [1.54, 1.807) is 0 Å². The Morgan fingerprint density at radius 2 is 2.36 bits per heavy atom. The van der Waals surface area contributed by atoms with Crippen molar-refractivity contribution in [2.75, 3.05) is 0 Å². The minimum Gasteiger partial charge on any atom is -0.370 e. The maximum atomic E-state index is 5.33. The normalized spacial score (nSPS) is 9.55. The molecule has 60 valence electrons. The lowest BCUT2D eigenvalue weighted by molar-refractivity contribution is 1.01. The van der Waals surface area contributed by atoms with E-state index in [-0.39, 0.29) is 5.96 Å². The molecule has 1 rings (SSSR count). The van der Waals surface area contributed by atoms with E-state index >= 15 is 0 Å². The van der Waals surface area contributed by atoms with Crippen molar-refractivity contribution in [3.05, 3.63) is 11.1 Å². The minimum atomic E-state index is 0.0166. The van der Waals surface area contributed by atoms with Crippen molar-refractivity contribution in [2.24, 2.45) is 22.2 Å². The molecule has 0 spiro atoms.